The molecule has 0 saturated carbocycles. The maximum absolute atomic E-state index is 12.6. The summed E-state index contributed by atoms with van der Waals surface area (Å²) in [5.74, 6) is -1.44. The highest BCUT2D eigenvalue weighted by Crippen LogP contribution is 2.23. The van der Waals surface area contributed by atoms with Gasteiger partial charge < -0.3 is 5.11 Å². The van der Waals surface area contributed by atoms with Crippen LogP contribution in [0.4, 0.5) is 4.39 Å². The first-order chi connectivity index (χ1) is 5.70. The zero-order valence-electron chi connectivity index (χ0n) is 6.11. The third kappa shape index (κ3) is 2.54. The van der Waals surface area contributed by atoms with Crippen molar-refractivity contribution in [3.63, 3.8) is 0 Å². The molecular formula is C8H7FO2S. The van der Waals surface area contributed by atoms with Crippen LogP contribution in [0.1, 0.15) is 0 Å². The van der Waals surface area contributed by atoms with Gasteiger partial charge in [-0.3, -0.25) is 0 Å². The number of halogens is 1. The standard InChI is InChI=1S/C8H7FO2S/c9-7(8(10)11)12-6-4-2-1-3-5-6/h1-5,7H,(H,10,11). The van der Waals surface area contributed by atoms with Crippen LogP contribution in [0, 0.1) is 0 Å². The number of carboxylic acid groups (broad SMARTS) is 1. The lowest BCUT2D eigenvalue weighted by atomic mass is 10.4. The van der Waals surface area contributed by atoms with Crippen molar-refractivity contribution >= 4 is 17.7 Å². The van der Waals surface area contributed by atoms with Crippen LogP contribution in [0.15, 0.2) is 35.2 Å². The minimum atomic E-state index is -1.88. The Morgan fingerprint density at radius 2 is 2.00 bits per heavy atom. The first kappa shape index (κ1) is 9.06. The van der Waals surface area contributed by atoms with E-state index in [2.05, 4.69) is 0 Å². The van der Waals surface area contributed by atoms with Gasteiger partial charge >= 0.3 is 5.97 Å². The maximum Gasteiger partial charge on any atom is 0.349 e. The summed E-state index contributed by atoms with van der Waals surface area (Å²) >= 11 is 0.685. The van der Waals surface area contributed by atoms with Gasteiger partial charge in [-0.15, -0.1) is 0 Å². The molecule has 0 fully saturated rings. The lowest BCUT2D eigenvalue weighted by Crippen LogP contribution is -2.09. The van der Waals surface area contributed by atoms with Crippen LogP contribution < -0.4 is 0 Å². The van der Waals surface area contributed by atoms with Crippen molar-refractivity contribution in [2.75, 3.05) is 0 Å². The molecule has 0 spiro atoms. The van der Waals surface area contributed by atoms with E-state index in [1.807, 2.05) is 0 Å². The molecule has 0 aromatic heterocycles. The van der Waals surface area contributed by atoms with Crippen molar-refractivity contribution in [3.8, 4) is 0 Å². The average molecular weight is 186 g/mol. The summed E-state index contributed by atoms with van der Waals surface area (Å²) in [6.07, 6.45) is 0. The fourth-order valence-corrected chi connectivity index (χ4v) is 1.32. The monoisotopic (exact) mass is 186 g/mol. The molecule has 64 valence electrons. The highest BCUT2D eigenvalue weighted by Gasteiger charge is 2.16. The van der Waals surface area contributed by atoms with E-state index < -0.39 is 11.5 Å². The van der Waals surface area contributed by atoms with Gasteiger partial charge in [-0.2, -0.15) is 0 Å². The van der Waals surface area contributed by atoms with Crippen LogP contribution >= 0.6 is 11.8 Å². The third-order valence-electron chi connectivity index (χ3n) is 1.18. The van der Waals surface area contributed by atoms with E-state index in [-0.39, 0.29) is 0 Å². The van der Waals surface area contributed by atoms with Gasteiger partial charge in [0.05, 0.1) is 0 Å². The Balaban J connectivity index is 2.58. The molecule has 4 heteroatoms. The molecule has 0 aliphatic rings. The Hall–Kier alpha value is -1.03. The number of hydrogen-bond donors (Lipinski definition) is 1. The lowest BCUT2D eigenvalue weighted by molar-refractivity contribution is -0.139. The molecule has 1 N–H and O–H groups in total. The van der Waals surface area contributed by atoms with E-state index in [9.17, 15) is 9.18 Å². The number of hydrogen-bond acceptors (Lipinski definition) is 2. The normalized spacial score (nSPS) is 12.4. The van der Waals surface area contributed by atoms with Gasteiger partial charge in [0.15, 0.2) is 0 Å². The van der Waals surface area contributed by atoms with Crippen LogP contribution in [0.2, 0.25) is 0 Å². The predicted molar refractivity (Wildman–Crippen MR) is 44.8 cm³/mol. The Morgan fingerprint density at radius 1 is 1.42 bits per heavy atom. The van der Waals surface area contributed by atoms with Crippen LogP contribution in [0.5, 0.6) is 0 Å². The lowest BCUT2D eigenvalue weighted by Gasteiger charge is -2.01. The number of carbonyl (C=O) groups is 1. The molecule has 1 aromatic carbocycles. The van der Waals surface area contributed by atoms with Crippen molar-refractivity contribution in [1.82, 2.24) is 0 Å². The number of aliphatic carboxylic acids is 1. The van der Waals surface area contributed by atoms with Gasteiger partial charge in [0, 0.05) is 4.90 Å². The third-order valence-corrected chi connectivity index (χ3v) is 2.13. The van der Waals surface area contributed by atoms with E-state index in [1.54, 1.807) is 30.3 Å². The van der Waals surface area contributed by atoms with E-state index in [1.165, 1.54) is 0 Å². The van der Waals surface area contributed by atoms with Gasteiger partial charge in [0.2, 0.25) is 5.50 Å². The van der Waals surface area contributed by atoms with Crippen LogP contribution in [0.3, 0.4) is 0 Å². The van der Waals surface area contributed by atoms with E-state index in [0.29, 0.717) is 16.7 Å². The van der Waals surface area contributed by atoms with E-state index in [0.717, 1.165) is 0 Å². The van der Waals surface area contributed by atoms with Crippen molar-refractivity contribution in [1.29, 1.82) is 0 Å². The minimum absolute atomic E-state index is 0.618. The van der Waals surface area contributed by atoms with Crippen LogP contribution in [0.25, 0.3) is 0 Å². The summed E-state index contributed by atoms with van der Waals surface area (Å²) in [5, 5.41) is 8.25. The highest BCUT2D eigenvalue weighted by atomic mass is 32.2. The topological polar surface area (TPSA) is 37.3 Å². The predicted octanol–water partition coefficient (Wildman–Crippen LogP) is 2.16. The fourth-order valence-electron chi connectivity index (χ4n) is 0.669. The zero-order chi connectivity index (χ0) is 8.97. The number of benzene rings is 1. The molecule has 0 heterocycles. The Morgan fingerprint density at radius 3 is 2.50 bits per heavy atom. The van der Waals surface area contributed by atoms with Crippen molar-refractivity contribution in [3.05, 3.63) is 30.3 Å². The number of carboxylic acids is 1. The smallest absolute Gasteiger partial charge is 0.349 e. The molecule has 1 unspecified atom stereocenters. The Labute approximate surface area is 73.4 Å². The van der Waals surface area contributed by atoms with Crippen molar-refractivity contribution in [2.45, 2.75) is 10.4 Å². The van der Waals surface area contributed by atoms with Gasteiger partial charge in [0.25, 0.3) is 0 Å². The average Bonchev–Trinajstić information content (AvgIpc) is 2.06. The molecule has 2 nitrogen and oxygen atoms in total. The van der Waals surface area contributed by atoms with Crippen molar-refractivity contribution < 1.29 is 14.3 Å². The SMILES string of the molecule is O=C(O)C(F)Sc1ccccc1. The molecule has 12 heavy (non-hydrogen) atoms. The minimum Gasteiger partial charge on any atom is -0.478 e. The van der Waals surface area contributed by atoms with Gasteiger partial charge in [-0.05, 0) is 12.1 Å². The molecule has 0 aliphatic heterocycles. The quantitative estimate of drug-likeness (QED) is 0.735. The summed E-state index contributed by atoms with van der Waals surface area (Å²) in [6.45, 7) is 0. The summed E-state index contributed by atoms with van der Waals surface area (Å²) in [7, 11) is 0. The van der Waals surface area contributed by atoms with Crippen LogP contribution in [-0.4, -0.2) is 16.6 Å². The Kier molecular flexibility index (Phi) is 3.10. The first-order valence-electron chi connectivity index (χ1n) is 3.29. The molecular weight excluding hydrogens is 179 g/mol. The maximum atomic E-state index is 12.6. The number of rotatable bonds is 3. The second-order valence-corrected chi connectivity index (χ2v) is 3.21. The molecule has 0 bridgehead atoms. The second kappa shape index (κ2) is 4.11. The van der Waals surface area contributed by atoms with Gasteiger partial charge in [-0.25, -0.2) is 9.18 Å². The molecule has 0 saturated heterocycles. The second-order valence-electron chi connectivity index (χ2n) is 2.09. The highest BCUT2D eigenvalue weighted by molar-refractivity contribution is 8.00. The van der Waals surface area contributed by atoms with Crippen molar-refractivity contribution in [2.24, 2.45) is 0 Å². The molecule has 1 atom stereocenters. The Bertz CT molecular complexity index is 263. The largest absolute Gasteiger partial charge is 0.478 e. The summed E-state index contributed by atoms with van der Waals surface area (Å²) in [5.41, 5.74) is -1.88. The zero-order valence-corrected chi connectivity index (χ0v) is 6.92. The van der Waals surface area contributed by atoms with Gasteiger partial charge in [0.1, 0.15) is 0 Å². The summed E-state index contributed by atoms with van der Waals surface area (Å²) in [4.78, 5) is 10.7. The summed E-state index contributed by atoms with van der Waals surface area (Å²) < 4.78 is 12.6. The summed E-state index contributed by atoms with van der Waals surface area (Å²) in [6, 6.07) is 8.59. The van der Waals surface area contributed by atoms with E-state index >= 15 is 0 Å². The first-order valence-corrected chi connectivity index (χ1v) is 4.16. The number of thioether (sulfide) groups is 1. The molecule has 0 aliphatic carbocycles. The molecule has 0 amide bonds. The molecule has 1 rings (SSSR count). The molecule has 0 radical (unpaired) electrons. The van der Waals surface area contributed by atoms with Crippen LogP contribution in [-0.2, 0) is 4.79 Å². The fraction of sp³-hybridized carbons (Fsp3) is 0.125. The van der Waals surface area contributed by atoms with E-state index in [4.69, 9.17) is 5.11 Å². The van der Waals surface area contributed by atoms with Gasteiger partial charge in [-0.1, -0.05) is 30.0 Å². The molecule has 1 aromatic rings. The number of alkyl halides is 1.